The molecule has 0 atom stereocenters. The molecule has 0 spiro atoms. The van der Waals surface area contributed by atoms with Gasteiger partial charge in [-0.3, -0.25) is 4.79 Å². The molecule has 0 bridgehead atoms. The van der Waals surface area contributed by atoms with Gasteiger partial charge < -0.3 is 9.69 Å². The van der Waals surface area contributed by atoms with E-state index in [9.17, 15) is 9.59 Å². The van der Waals surface area contributed by atoms with Gasteiger partial charge in [0.2, 0.25) is 0 Å². The van der Waals surface area contributed by atoms with Gasteiger partial charge in [0.15, 0.2) is 5.81 Å². The number of hydrogen-bond donors (Lipinski definition) is 0. The van der Waals surface area contributed by atoms with E-state index < -0.39 is 0 Å². The summed E-state index contributed by atoms with van der Waals surface area (Å²) < 4.78 is 1.93. The Morgan fingerprint density at radius 1 is 1.09 bits per heavy atom. The maximum Gasteiger partial charge on any atom is 0.322 e. The Labute approximate surface area is 206 Å². The molecule has 34 heavy (non-hydrogen) atoms. The quantitative estimate of drug-likeness (QED) is 0.305. The van der Waals surface area contributed by atoms with Gasteiger partial charge >= 0.3 is 7.28 Å². The summed E-state index contributed by atoms with van der Waals surface area (Å²) in [4.78, 5) is 27.7. The molecular weight excluding hydrogens is 443 g/mol. The van der Waals surface area contributed by atoms with Crippen molar-refractivity contribution in [1.82, 2.24) is 15.0 Å². The van der Waals surface area contributed by atoms with Crippen LogP contribution in [0, 0.1) is 5.92 Å². The number of carbonyl (C=O) groups is 2. The van der Waals surface area contributed by atoms with Crippen LogP contribution < -0.4 is 4.90 Å². The molecule has 1 radical (unpaired) electrons. The number of carbonyl (C=O) groups excluding carboxylic acids is 2. The van der Waals surface area contributed by atoms with Crippen LogP contribution in [0.2, 0.25) is 0 Å². The molecule has 1 aromatic heterocycles. The first-order valence-corrected chi connectivity index (χ1v) is 13.0. The molecule has 2 heterocycles. The van der Waals surface area contributed by atoms with Crippen molar-refractivity contribution >= 4 is 36.2 Å². The molecule has 0 fully saturated rings. The average Bonchev–Trinajstić information content (AvgIpc) is 3.21. The largest absolute Gasteiger partial charge is 0.322 e. The van der Waals surface area contributed by atoms with Crippen molar-refractivity contribution < 1.29 is 9.59 Å². The van der Waals surface area contributed by atoms with Crippen molar-refractivity contribution in [3.05, 3.63) is 54.1 Å². The standard InChI is InChI=1S/C26H30BN4O2S/c1-4-5-14-34-17-23(32)27-26(33)30-16-19-10-6-7-11-20(19)24-25(21-12-8-9-13-22(21)30)31(29-28-24)15-18(2)3/h6-13,18H,4-5,14-17H2,1-3H3. The van der Waals surface area contributed by atoms with Crippen molar-refractivity contribution in [2.75, 3.05) is 16.4 Å². The van der Waals surface area contributed by atoms with Gasteiger partial charge in [0.25, 0.3) is 0 Å². The van der Waals surface area contributed by atoms with Gasteiger partial charge in [-0.1, -0.05) is 74.9 Å². The minimum atomic E-state index is -0.297. The predicted octanol–water partition coefficient (Wildman–Crippen LogP) is 5.47. The zero-order valence-corrected chi connectivity index (χ0v) is 20.8. The van der Waals surface area contributed by atoms with Crippen LogP contribution in [0.5, 0.6) is 0 Å². The van der Waals surface area contributed by atoms with Crippen LogP contribution in [0.1, 0.15) is 39.2 Å². The minimum absolute atomic E-state index is 0.147. The van der Waals surface area contributed by atoms with Crippen LogP contribution in [-0.4, -0.2) is 45.3 Å². The van der Waals surface area contributed by atoms with Crippen molar-refractivity contribution in [2.24, 2.45) is 5.92 Å². The fraction of sp³-hybridized carbons (Fsp3) is 0.385. The lowest BCUT2D eigenvalue weighted by atomic mass is 9.72. The van der Waals surface area contributed by atoms with Crippen LogP contribution in [0.15, 0.2) is 48.5 Å². The number of para-hydroxylation sites is 1. The fourth-order valence-corrected chi connectivity index (χ4v) is 5.08. The molecule has 1 aliphatic rings. The number of rotatable bonds is 9. The molecule has 0 N–H and O–H groups in total. The van der Waals surface area contributed by atoms with Gasteiger partial charge in [-0.05, 0) is 29.7 Å². The Bertz CT molecular complexity index is 1180. The molecule has 0 saturated carbocycles. The normalized spacial score (nSPS) is 12.4. The third-order valence-corrected chi connectivity index (χ3v) is 6.83. The van der Waals surface area contributed by atoms with E-state index in [2.05, 4.69) is 31.1 Å². The molecule has 2 aromatic carbocycles. The lowest BCUT2D eigenvalue weighted by Crippen LogP contribution is -2.38. The van der Waals surface area contributed by atoms with Gasteiger partial charge in [0, 0.05) is 23.4 Å². The molecule has 1 amide bonds. The molecule has 0 unspecified atom stereocenters. The summed E-state index contributed by atoms with van der Waals surface area (Å²) in [6, 6.07) is 15.8. The lowest BCUT2D eigenvalue weighted by Gasteiger charge is -2.29. The fourth-order valence-electron chi connectivity index (χ4n) is 4.16. The minimum Gasteiger partial charge on any atom is -0.316 e. The highest BCUT2D eigenvalue weighted by Crippen LogP contribution is 2.41. The second-order valence-electron chi connectivity index (χ2n) is 8.98. The van der Waals surface area contributed by atoms with E-state index in [4.69, 9.17) is 0 Å². The molecule has 0 aliphatic carbocycles. The summed E-state index contributed by atoms with van der Waals surface area (Å²) in [5, 5.41) is 9.05. The summed E-state index contributed by atoms with van der Waals surface area (Å²) >= 11 is 1.58. The molecule has 3 aromatic rings. The van der Waals surface area contributed by atoms with Crippen LogP contribution in [0.25, 0.3) is 22.5 Å². The monoisotopic (exact) mass is 473 g/mol. The Morgan fingerprint density at radius 3 is 2.59 bits per heavy atom. The Balaban J connectivity index is 1.74. The number of unbranched alkanes of at least 4 members (excludes halogenated alkanes) is 1. The zero-order valence-electron chi connectivity index (χ0n) is 20.0. The Morgan fingerprint density at radius 2 is 1.82 bits per heavy atom. The van der Waals surface area contributed by atoms with Crippen LogP contribution in [-0.2, 0) is 17.9 Å². The first-order valence-electron chi connectivity index (χ1n) is 11.9. The van der Waals surface area contributed by atoms with Crippen molar-refractivity contribution in [2.45, 2.75) is 46.7 Å². The van der Waals surface area contributed by atoms with E-state index in [1.165, 1.54) is 7.28 Å². The van der Waals surface area contributed by atoms with Gasteiger partial charge in [0.1, 0.15) is 11.4 Å². The van der Waals surface area contributed by atoms with Gasteiger partial charge in [-0.15, -0.1) is 5.10 Å². The second kappa shape index (κ2) is 11.0. The van der Waals surface area contributed by atoms with Crippen molar-refractivity contribution in [3.63, 3.8) is 0 Å². The lowest BCUT2D eigenvalue weighted by molar-refractivity contribution is -0.109. The Kier molecular flexibility index (Phi) is 7.88. The first-order chi connectivity index (χ1) is 16.5. The molecule has 4 rings (SSSR count). The zero-order chi connectivity index (χ0) is 24.1. The van der Waals surface area contributed by atoms with E-state index in [0.29, 0.717) is 24.8 Å². The molecule has 1 aliphatic heterocycles. The molecular formula is C26H30BN4O2S. The van der Waals surface area contributed by atoms with E-state index in [1.54, 1.807) is 16.7 Å². The topological polar surface area (TPSA) is 68.1 Å². The number of amides is 1. The van der Waals surface area contributed by atoms with Gasteiger partial charge in [0.05, 0.1) is 17.9 Å². The smallest absolute Gasteiger partial charge is 0.316 e. The number of anilines is 1. The number of benzene rings is 2. The highest BCUT2D eigenvalue weighted by Gasteiger charge is 2.30. The van der Waals surface area contributed by atoms with Crippen LogP contribution in [0.4, 0.5) is 10.5 Å². The summed E-state index contributed by atoms with van der Waals surface area (Å²) in [6.45, 7) is 7.49. The summed E-state index contributed by atoms with van der Waals surface area (Å²) in [7, 11) is 1.25. The molecule has 6 nitrogen and oxygen atoms in total. The summed E-state index contributed by atoms with van der Waals surface area (Å²) in [5.41, 5.74) is 5.16. The third-order valence-electron chi connectivity index (χ3n) is 5.76. The molecule has 8 heteroatoms. The van der Waals surface area contributed by atoms with E-state index in [1.807, 2.05) is 53.2 Å². The Hall–Kier alpha value is -2.87. The number of fused-ring (bicyclic) bond motifs is 5. The van der Waals surface area contributed by atoms with Crippen molar-refractivity contribution in [3.8, 4) is 22.5 Å². The maximum absolute atomic E-state index is 13.5. The average molecular weight is 473 g/mol. The first kappa shape index (κ1) is 24.3. The second-order valence-corrected chi connectivity index (χ2v) is 10.1. The highest BCUT2D eigenvalue weighted by atomic mass is 32.2. The maximum atomic E-state index is 13.5. The summed E-state index contributed by atoms with van der Waals surface area (Å²) in [5.74, 6) is 1.34. The summed E-state index contributed by atoms with van der Waals surface area (Å²) in [6.07, 6.45) is 2.17. The van der Waals surface area contributed by atoms with E-state index in [0.717, 1.165) is 52.4 Å². The van der Waals surface area contributed by atoms with Gasteiger partial charge in [-0.25, -0.2) is 4.68 Å². The molecule has 0 saturated heterocycles. The van der Waals surface area contributed by atoms with Crippen LogP contribution >= 0.6 is 11.8 Å². The van der Waals surface area contributed by atoms with E-state index in [-0.39, 0.29) is 11.5 Å². The predicted molar refractivity (Wildman–Crippen MR) is 140 cm³/mol. The molecule has 175 valence electrons. The third kappa shape index (κ3) is 5.27. The van der Waals surface area contributed by atoms with Crippen LogP contribution in [0.3, 0.4) is 0 Å². The van der Waals surface area contributed by atoms with E-state index >= 15 is 0 Å². The number of hydrogen-bond acceptors (Lipinski definition) is 5. The SMILES string of the molecule is CCCCSCC(=O)[B]C(=O)N1Cc2ccccc2-c2nnn(CC(C)C)c2-c2ccccc21. The van der Waals surface area contributed by atoms with Crippen molar-refractivity contribution in [1.29, 1.82) is 0 Å². The highest BCUT2D eigenvalue weighted by molar-refractivity contribution is 8.00. The number of aromatic nitrogens is 3. The number of nitrogens with zero attached hydrogens (tertiary/aromatic N) is 4. The number of thioether (sulfide) groups is 1. The van der Waals surface area contributed by atoms with Gasteiger partial charge in [-0.2, -0.15) is 11.8 Å².